The molecule has 0 fully saturated rings. The third-order valence-electron chi connectivity index (χ3n) is 2.89. The maximum absolute atomic E-state index is 5.99. The minimum absolute atomic E-state index is 0.162. The van der Waals surface area contributed by atoms with Crippen LogP contribution >= 0.6 is 15.9 Å². The fourth-order valence-corrected chi connectivity index (χ4v) is 2.07. The lowest BCUT2D eigenvalue weighted by Crippen LogP contribution is -2.23. The Bertz CT molecular complexity index is 313. The van der Waals surface area contributed by atoms with E-state index in [1.165, 1.54) is 18.4 Å². The van der Waals surface area contributed by atoms with E-state index < -0.39 is 0 Å². The van der Waals surface area contributed by atoms with E-state index in [9.17, 15) is 0 Å². The van der Waals surface area contributed by atoms with Crippen molar-refractivity contribution in [3.05, 3.63) is 34.3 Å². The van der Waals surface area contributed by atoms with Crippen molar-refractivity contribution in [2.45, 2.75) is 39.2 Å². The lowest BCUT2D eigenvalue weighted by molar-refractivity contribution is 0.0504. The summed E-state index contributed by atoms with van der Waals surface area (Å²) < 4.78 is 7.10. The molecule has 18 heavy (non-hydrogen) atoms. The third-order valence-corrected chi connectivity index (χ3v) is 3.42. The van der Waals surface area contributed by atoms with E-state index in [0.717, 1.165) is 30.6 Å². The predicted molar refractivity (Wildman–Crippen MR) is 80.9 cm³/mol. The second-order valence-electron chi connectivity index (χ2n) is 4.43. The molecule has 0 saturated carbocycles. The average Bonchev–Trinajstić information content (AvgIpc) is 2.39. The minimum Gasteiger partial charge on any atom is -0.372 e. The second-order valence-corrected chi connectivity index (χ2v) is 5.34. The van der Waals surface area contributed by atoms with Gasteiger partial charge in [-0.15, -0.1) is 0 Å². The van der Waals surface area contributed by atoms with Gasteiger partial charge in [-0.1, -0.05) is 54.8 Å². The van der Waals surface area contributed by atoms with Crippen LogP contribution in [0.2, 0.25) is 0 Å². The summed E-state index contributed by atoms with van der Waals surface area (Å²) in [6, 6.07) is 8.41. The number of rotatable bonds is 9. The van der Waals surface area contributed by atoms with Gasteiger partial charge in [0.15, 0.2) is 0 Å². The summed E-state index contributed by atoms with van der Waals surface area (Å²) in [6.07, 6.45) is 3.79. The summed E-state index contributed by atoms with van der Waals surface area (Å²) in [5.41, 5.74) is 1.25. The van der Waals surface area contributed by atoms with Gasteiger partial charge in [-0.25, -0.2) is 0 Å². The van der Waals surface area contributed by atoms with Gasteiger partial charge in [0.1, 0.15) is 0 Å². The van der Waals surface area contributed by atoms with Gasteiger partial charge in [-0.2, -0.15) is 0 Å². The molecule has 0 amide bonds. The SMILES string of the molecule is CCCCCOC(CNCC)c1ccc(Br)cc1. The van der Waals surface area contributed by atoms with Crippen LogP contribution in [0.5, 0.6) is 0 Å². The van der Waals surface area contributed by atoms with Crippen molar-refractivity contribution in [3.8, 4) is 0 Å². The van der Waals surface area contributed by atoms with Crippen LogP contribution in [-0.4, -0.2) is 19.7 Å². The molecule has 0 aliphatic heterocycles. The molecule has 1 rings (SSSR count). The number of hydrogen-bond acceptors (Lipinski definition) is 2. The average molecular weight is 314 g/mol. The number of ether oxygens (including phenoxy) is 1. The van der Waals surface area contributed by atoms with Crippen LogP contribution in [0.4, 0.5) is 0 Å². The number of likely N-dealkylation sites (N-methyl/N-ethyl adjacent to an activating group) is 1. The summed E-state index contributed by atoms with van der Waals surface area (Å²) in [5, 5.41) is 3.37. The van der Waals surface area contributed by atoms with E-state index in [4.69, 9.17) is 4.74 Å². The van der Waals surface area contributed by atoms with Gasteiger partial charge in [0.25, 0.3) is 0 Å². The molecule has 0 aliphatic rings. The van der Waals surface area contributed by atoms with Gasteiger partial charge in [0.05, 0.1) is 6.10 Å². The number of hydrogen-bond donors (Lipinski definition) is 1. The van der Waals surface area contributed by atoms with Crippen LogP contribution in [0.15, 0.2) is 28.7 Å². The minimum atomic E-state index is 0.162. The van der Waals surface area contributed by atoms with Crippen LogP contribution in [-0.2, 0) is 4.74 Å². The van der Waals surface area contributed by atoms with E-state index in [2.05, 4.69) is 59.4 Å². The lowest BCUT2D eigenvalue weighted by atomic mass is 10.1. The first-order chi connectivity index (χ1) is 8.77. The highest BCUT2D eigenvalue weighted by molar-refractivity contribution is 9.10. The number of halogens is 1. The predicted octanol–water partition coefficient (Wildman–Crippen LogP) is 4.31. The van der Waals surface area contributed by atoms with Crippen molar-refractivity contribution in [1.82, 2.24) is 5.32 Å². The van der Waals surface area contributed by atoms with Crippen LogP contribution in [0, 0.1) is 0 Å². The Morgan fingerprint density at radius 1 is 1.17 bits per heavy atom. The van der Waals surface area contributed by atoms with Gasteiger partial charge in [-0.3, -0.25) is 0 Å². The lowest BCUT2D eigenvalue weighted by Gasteiger charge is -2.19. The molecule has 0 aromatic heterocycles. The second kappa shape index (κ2) is 9.54. The Labute approximate surface area is 119 Å². The van der Waals surface area contributed by atoms with Gasteiger partial charge < -0.3 is 10.1 Å². The Balaban J connectivity index is 2.51. The largest absolute Gasteiger partial charge is 0.372 e. The van der Waals surface area contributed by atoms with Crippen molar-refractivity contribution < 1.29 is 4.74 Å². The first-order valence-corrected chi connectivity index (χ1v) is 7.65. The van der Waals surface area contributed by atoms with Crippen LogP contribution in [0.1, 0.15) is 44.8 Å². The molecule has 0 heterocycles. The first-order valence-electron chi connectivity index (χ1n) is 6.85. The standard InChI is InChI=1S/C15H24BrNO/c1-3-5-6-11-18-15(12-17-4-2)13-7-9-14(16)10-8-13/h7-10,15,17H,3-6,11-12H2,1-2H3. The van der Waals surface area contributed by atoms with Crippen LogP contribution < -0.4 is 5.32 Å². The smallest absolute Gasteiger partial charge is 0.0949 e. The van der Waals surface area contributed by atoms with Crippen molar-refractivity contribution in [2.24, 2.45) is 0 Å². The molecule has 2 nitrogen and oxygen atoms in total. The van der Waals surface area contributed by atoms with Gasteiger partial charge in [-0.05, 0) is 30.7 Å². The Kier molecular flexibility index (Phi) is 8.31. The zero-order chi connectivity index (χ0) is 13.2. The summed E-state index contributed by atoms with van der Waals surface area (Å²) in [7, 11) is 0. The maximum atomic E-state index is 5.99. The Morgan fingerprint density at radius 2 is 1.89 bits per heavy atom. The van der Waals surface area contributed by atoms with Crippen molar-refractivity contribution in [1.29, 1.82) is 0 Å². The van der Waals surface area contributed by atoms with E-state index in [1.54, 1.807) is 0 Å². The highest BCUT2D eigenvalue weighted by Crippen LogP contribution is 2.20. The highest BCUT2D eigenvalue weighted by atomic mass is 79.9. The van der Waals surface area contributed by atoms with E-state index in [1.807, 2.05) is 0 Å². The molecule has 1 atom stereocenters. The van der Waals surface area contributed by atoms with Crippen molar-refractivity contribution >= 4 is 15.9 Å². The maximum Gasteiger partial charge on any atom is 0.0949 e. The van der Waals surface area contributed by atoms with Crippen LogP contribution in [0.3, 0.4) is 0 Å². The molecule has 1 N–H and O–H groups in total. The number of nitrogens with one attached hydrogen (secondary N) is 1. The van der Waals surface area contributed by atoms with Crippen molar-refractivity contribution in [3.63, 3.8) is 0 Å². The molecule has 0 aliphatic carbocycles. The molecule has 0 radical (unpaired) electrons. The number of unbranched alkanes of at least 4 members (excludes halogenated alkanes) is 2. The van der Waals surface area contributed by atoms with Crippen LogP contribution in [0.25, 0.3) is 0 Å². The zero-order valence-electron chi connectivity index (χ0n) is 11.4. The topological polar surface area (TPSA) is 21.3 Å². The quantitative estimate of drug-likeness (QED) is 0.686. The fraction of sp³-hybridized carbons (Fsp3) is 0.600. The molecule has 102 valence electrons. The molecule has 1 unspecified atom stereocenters. The van der Waals surface area contributed by atoms with E-state index in [0.29, 0.717) is 0 Å². The molecule has 0 saturated heterocycles. The van der Waals surface area contributed by atoms with Crippen molar-refractivity contribution in [2.75, 3.05) is 19.7 Å². The molecular weight excluding hydrogens is 290 g/mol. The van der Waals surface area contributed by atoms with Gasteiger partial charge >= 0.3 is 0 Å². The molecular formula is C15H24BrNO. The Hall–Kier alpha value is -0.380. The van der Waals surface area contributed by atoms with Gasteiger partial charge in [0.2, 0.25) is 0 Å². The summed E-state index contributed by atoms with van der Waals surface area (Å²) in [6.45, 7) is 7.04. The summed E-state index contributed by atoms with van der Waals surface area (Å²) in [4.78, 5) is 0. The summed E-state index contributed by atoms with van der Waals surface area (Å²) >= 11 is 3.46. The normalized spacial score (nSPS) is 12.6. The zero-order valence-corrected chi connectivity index (χ0v) is 13.0. The molecule has 0 bridgehead atoms. The molecule has 1 aromatic rings. The molecule has 3 heteroatoms. The summed E-state index contributed by atoms with van der Waals surface area (Å²) in [5.74, 6) is 0. The monoisotopic (exact) mass is 313 g/mol. The van der Waals surface area contributed by atoms with E-state index in [-0.39, 0.29) is 6.10 Å². The van der Waals surface area contributed by atoms with E-state index >= 15 is 0 Å². The fourth-order valence-electron chi connectivity index (χ4n) is 1.80. The Morgan fingerprint density at radius 3 is 2.50 bits per heavy atom. The molecule has 1 aromatic carbocycles. The number of benzene rings is 1. The molecule has 0 spiro atoms. The third kappa shape index (κ3) is 5.98. The van der Waals surface area contributed by atoms with Gasteiger partial charge in [0, 0.05) is 17.6 Å². The first kappa shape index (κ1) is 15.7. The highest BCUT2D eigenvalue weighted by Gasteiger charge is 2.11.